The van der Waals surface area contributed by atoms with Gasteiger partial charge in [-0.25, -0.2) is 0 Å². The molecule has 1 saturated carbocycles. The smallest absolute Gasteiger partial charge is 0.115 e. The third-order valence-corrected chi connectivity index (χ3v) is 4.17. The summed E-state index contributed by atoms with van der Waals surface area (Å²) in [5, 5.41) is 9.54. The van der Waals surface area contributed by atoms with E-state index in [-0.39, 0.29) is 0 Å². The minimum atomic E-state index is 0.405. The zero-order valence-electron chi connectivity index (χ0n) is 11.6. The first-order chi connectivity index (χ1) is 8.65. The molecule has 2 heteroatoms. The normalized spacial score (nSPS) is 24.4. The van der Waals surface area contributed by atoms with E-state index in [4.69, 9.17) is 0 Å². The summed E-state index contributed by atoms with van der Waals surface area (Å²) in [7, 11) is 4.30. The largest absolute Gasteiger partial charge is 0.508 e. The molecule has 100 valence electrons. The van der Waals surface area contributed by atoms with Crippen molar-refractivity contribution in [3.63, 3.8) is 0 Å². The van der Waals surface area contributed by atoms with Gasteiger partial charge in [0, 0.05) is 0 Å². The van der Waals surface area contributed by atoms with Crippen LogP contribution in [0.3, 0.4) is 0 Å². The highest BCUT2D eigenvalue weighted by Gasteiger charge is 2.22. The first-order valence-corrected chi connectivity index (χ1v) is 7.09. The molecule has 0 atom stereocenters. The summed E-state index contributed by atoms with van der Waals surface area (Å²) >= 11 is 0. The molecule has 1 aromatic rings. The fourth-order valence-corrected chi connectivity index (χ4v) is 3.00. The molecule has 0 saturated heterocycles. The summed E-state index contributed by atoms with van der Waals surface area (Å²) < 4.78 is 0. The number of nitrogens with zero attached hydrogens (tertiary/aromatic N) is 1. The predicted octanol–water partition coefficient (Wildman–Crippen LogP) is 3.62. The second kappa shape index (κ2) is 6.24. The molecule has 0 unspecified atom stereocenters. The van der Waals surface area contributed by atoms with Crippen molar-refractivity contribution in [3.05, 3.63) is 29.8 Å². The molecule has 2 nitrogen and oxygen atoms in total. The SMILES string of the molecule is CN(C)CCC1CCC(c2cccc(O)c2)CC1. The first-order valence-electron chi connectivity index (χ1n) is 7.09. The van der Waals surface area contributed by atoms with Crippen LogP contribution in [0.5, 0.6) is 5.75 Å². The van der Waals surface area contributed by atoms with Gasteiger partial charge in [0.25, 0.3) is 0 Å². The van der Waals surface area contributed by atoms with E-state index < -0.39 is 0 Å². The van der Waals surface area contributed by atoms with Gasteiger partial charge in [-0.05, 0) is 82.3 Å². The molecule has 1 aliphatic rings. The molecular formula is C16H25NO. The number of phenolic OH excluding ortho intramolecular Hbond substituents is 1. The van der Waals surface area contributed by atoms with Crippen LogP contribution in [0.2, 0.25) is 0 Å². The second-order valence-corrected chi connectivity index (χ2v) is 5.90. The van der Waals surface area contributed by atoms with Crippen LogP contribution < -0.4 is 0 Å². The van der Waals surface area contributed by atoms with Crippen molar-refractivity contribution >= 4 is 0 Å². The van der Waals surface area contributed by atoms with Crippen LogP contribution in [0.15, 0.2) is 24.3 Å². The van der Waals surface area contributed by atoms with E-state index in [1.807, 2.05) is 12.1 Å². The zero-order valence-corrected chi connectivity index (χ0v) is 11.6. The van der Waals surface area contributed by atoms with E-state index in [2.05, 4.69) is 25.1 Å². The van der Waals surface area contributed by atoms with Crippen molar-refractivity contribution < 1.29 is 5.11 Å². The van der Waals surface area contributed by atoms with Gasteiger partial charge in [-0.3, -0.25) is 0 Å². The molecule has 0 aliphatic heterocycles. The van der Waals surface area contributed by atoms with Crippen LogP contribution in [-0.4, -0.2) is 30.6 Å². The number of aromatic hydroxyl groups is 1. The Bertz CT molecular complexity index is 367. The van der Waals surface area contributed by atoms with Crippen molar-refractivity contribution in [2.75, 3.05) is 20.6 Å². The minimum Gasteiger partial charge on any atom is -0.508 e. The van der Waals surface area contributed by atoms with Gasteiger partial charge in [-0.2, -0.15) is 0 Å². The number of benzene rings is 1. The lowest BCUT2D eigenvalue weighted by molar-refractivity contribution is 0.274. The average molecular weight is 247 g/mol. The molecule has 0 bridgehead atoms. The van der Waals surface area contributed by atoms with Gasteiger partial charge in [-0.1, -0.05) is 12.1 Å². The maximum Gasteiger partial charge on any atom is 0.115 e. The first kappa shape index (κ1) is 13.4. The van der Waals surface area contributed by atoms with Gasteiger partial charge in [0.2, 0.25) is 0 Å². The van der Waals surface area contributed by atoms with Crippen LogP contribution in [0.25, 0.3) is 0 Å². The van der Waals surface area contributed by atoms with E-state index in [0.29, 0.717) is 11.7 Å². The second-order valence-electron chi connectivity index (χ2n) is 5.90. The molecule has 1 fully saturated rings. The highest BCUT2D eigenvalue weighted by Crippen LogP contribution is 2.37. The Morgan fingerprint density at radius 1 is 1.17 bits per heavy atom. The summed E-state index contributed by atoms with van der Waals surface area (Å²) in [6.45, 7) is 1.21. The van der Waals surface area contributed by atoms with Gasteiger partial charge in [0.1, 0.15) is 5.75 Å². The summed E-state index contributed by atoms with van der Waals surface area (Å²) in [4.78, 5) is 2.28. The summed E-state index contributed by atoms with van der Waals surface area (Å²) in [5.41, 5.74) is 1.32. The molecular weight excluding hydrogens is 222 g/mol. The van der Waals surface area contributed by atoms with Crippen molar-refractivity contribution in [1.29, 1.82) is 0 Å². The maximum absolute atomic E-state index is 9.54. The lowest BCUT2D eigenvalue weighted by Gasteiger charge is -2.29. The van der Waals surface area contributed by atoms with Gasteiger partial charge < -0.3 is 10.0 Å². The number of rotatable bonds is 4. The molecule has 2 rings (SSSR count). The standard InChI is InChI=1S/C16H25NO/c1-17(2)11-10-13-6-8-14(9-7-13)15-4-3-5-16(18)12-15/h3-5,12-14,18H,6-11H2,1-2H3. The van der Waals surface area contributed by atoms with Crippen LogP contribution in [0.4, 0.5) is 0 Å². The van der Waals surface area contributed by atoms with E-state index in [9.17, 15) is 5.11 Å². The lowest BCUT2D eigenvalue weighted by atomic mass is 9.77. The number of hydrogen-bond acceptors (Lipinski definition) is 2. The Kier molecular flexibility index (Phi) is 4.65. The topological polar surface area (TPSA) is 23.5 Å². The molecule has 1 aromatic carbocycles. The van der Waals surface area contributed by atoms with Crippen molar-refractivity contribution in [2.45, 2.75) is 38.0 Å². The van der Waals surface area contributed by atoms with E-state index in [1.54, 1.807) is 6.07 Å². The molecule has 1 N–H and O–H groups in total. The Morgan fingerprint density at radius 3 is 2.50 bits per heavy atom. The highest BCUT2D eigenvalue weighted by molar-refractivity contribution is 5.29. The molecule has 0 heterocycles. The third kappa shape index (κ3) is 3.74. The molecule has 0 radical (unpaired) electrons. The Balaban J connectivity index is 1.83. The van der Waals surface area contributed by atoms with Gasteiger partial charge in [0.05, 0.1) is 0 Å². The monoisotopic (exact) mass is 247 g/mol. The molecule has 0 amide bonds. The van der Waals surface area contributed by atoms with Crippen molar-refractivity contribution in [3.8, 4) is 5.75 Å². The fourth-order valence-electron chi connectivity index (χ4n) is 3.00. The van der Waals surface area contributed by atoms with Gasteiger partial charge in [0.15, 0.2) is 0 Å². The summed E-state index contributed by atoms with van der Waals surface area (Å²) in [6, 6.07) is 7.81. The molecule has 0 aromatic heterocycles. The minimum absolute atomic E-state index is 0.405. The van der Waals surface area contributed by atoms with Crippen LogP contribution in [-0.2, 0) is 0 Å². The van der Waals surface area contributed by atoms with Crippen molar-refractivity contribution in [2.24, 2.45) is 5.92 Å². The van der Waals surface area contributed by atoms with E-state index >= 15 is 0 Å². The van der Waals surface area contributed by atoms with Crippen LogP contribution in [0, 0.1) is 5.92 Å². The highest BCUT2D eigenvalue weighted by atomic mass is 16.3. The molecule has 1 aliphatic carbocycles. The van der Waals surface area contributed by atoms with Crippen LogP contribution in [0.1, 0.15) is 43.6 Å². The lowest BCUT2D eigenvalue weighted by Crippen LogP contribution is -2.20. The van der Waals surface area contributed by atoms with Gasteiger partial charge in [-0.15, -0.1) is 0 Å². The Morgan fingerprint density at radius 2 is 1.89 bits per heavy atom. The Labute approximate surface area is 111 Å². The van der Waals surface area contributed by atoms with Crippen LogP contribution >= 0.6 is 0 Å². The van der Waals surface area contributed by atoms with Gasteiger partial charge >= 0.3 is 0 Å². The number of hydrogen-bond donors (Lipinski definition) is 1. The summed E-state index contributed by atoms with van der Waals surface area (Å²) in [5.74, 6) is 1.97. The van der Waals surface area contributed by atoms with E-state index in [0.717, 1.165) is 5.92 Å². The van der Waals surface area contributed by atoms with Crippen molar-refractivity contribution in [1.82, 2.24) is 4.90 Å². The average Bonchev–Trinajstić information content (AvgIpc) is 2.37. The Hall–Kier alpha value is -1.02. The fraction of sp³-hybridized carbons (Fsp3) is 0.625. The summed E-state index contributed by atoms with van der Waals surface area (Å²) in [6.07, 6.45) is 6.57. The van der Waals surface area contributed by atoms with E-state index in [1.165, 1.54) is 44.2 Å². The zero-order chi connectivity index (χ0) is 13.0. The quantitative estimate of drug-likeness (QED) is 0.878. The third-order valence-electron chi connectivity index (χ3n) is 4.17. The molecule has 18 heavy (non-hydrogen) atoms. The maximum atomic E-state index is 9.54. The predicted molar refractivity (Wildman–Crippen MR) is 76.0 cm³/mol. The molecule has 0 spiro atoms. The number of phenols is 1.